The lowest BCUT2D eigenvalue weighted by atomic mass is 9.65. The van der Waals surface area contributed by atoms with E-state index >= 15 is 0 Å². The molecule has 29 heavy (non-hydrogen) atoms. The van der Waals surface area contributed by atoms with Gasteiger partial charge in [0.25, 0.3) is 0 Å². The summed E-state index contributed by atoms with van der Waals surface area (Å²) in [6, 6.07) is -2.87. The molecule has 0 aromatic rings. The fourth-order valence-electron chi connectivity index (χ4n) is 3.70. The summed E-state index contributed by atoms with van der Waals surface area (Å²) in [5, 5.41) is 10.2. The molecule has 0 aromatic carbocycles. The first-order chi connectivity index (χ1) is 20.4. The Bertz CT molecular complexity index is 1320. The van der Waals surface area contributed by atoms with E-state index in [0.717, 1.165) is 13.8 Å². The zero-order valence-corrected chi connectivity index (χ0v) is 16.2. The van der Waals surface area contributed by atoms with Crippen molar-refractivity contribution < 1.29 is 47.5 Å². The lowest BCUT2D eigenvalue weighted by molar-refractivity contribution is -0.162. The molecule has 5 nitrogen and oxygen atoms in total. The molecule has 1 N–H and O–H groups in total. The number of fused-ring (bicyclic) bond motifs is 1. The summed E-state index contributed by atoms with van der Waals surface area (Å²) in [4.78, 5) is 25.5. The molecule has 3 rings (SSSR count). The van der Waals surface area contributed by atoms with E-state index in [4.69, 9.17) is 32.8 Å². The van der Waals surface area contributed by atoms with Crippen LogP contribution in [0.15, 0.2) is 23.7 Å². The van der Waals surface area contributed by atoms with Gasteiger partial charge < -0.3 is 14.6 Å². The monoisotopic (exact) mass is 421 g/mol. The number of allylic oxidation sites excluding steroid dienone is 3. The van der Waals surface area contributed by atoms with Gasteiger partial charge in [0.1, 0.15) is 12.2 Å². The minimum atomic E-state index is -3.64. The molecule has 0 saturated carbocycles. The molecule has 1 fully saturated rings. The highest BCUT2D eigenvalue weighted by molar-refractivity contribution is 5.72. The molecular formula is C24H36O5. The van der Waals surface area contributed by atoms with Crippen molar-refractivity contribution >= 4 is 11.9 Å². The van der Waals surface area contributed by atoms with Gasteiger partial charge in [-0.25, -0.2) is 0 Å². The van der Waals surface area contributed by atoms with Crippen LogP contribution in [0.4, 0.5) is 0 Å². The fraction of sp³-hybridized carbons (Fsp3) is 0.750. The van der Waals surface area contributed by atoms with Crippen LogP contribution >= 0.6 is 0 Å². The van der Waals surface area contributed by atoms with Crippen molar-refractivity contribution in [1.29, 1.82) is 0 Å². The second-order valence-electron chi connectivity index (χ2n) is 7.35. The van der Waals surface area contributed by atoms with E-state index in [2.05, 4.69) is 0 Å². The zero-order chi connectivity index (χ0) is 36.0. The third kappa shape index (κ3) is 5.30. The molecule has 5 heteroatoms. The predicted octanol–water partition coefficient (Wildman–Crippen LogP) is 4.20. The Balaban J connectivity index is 2.23. The first-order valence-electron chi connectivity index (χ1n) is 17.9. The smallest absolute Gasteiger partial charge is 0.308 e. The molecule has 2 unspecified atom stereocenters. The Kier molecular flexibility index (Phi) is 2.89. The number of carbonyl (C=O) groups excluding carboxylic acids is 2. The van der Waals surface area contributed by atoms with Gasteiger partial charge in [-0.05, 0) is 48.9 Å². The molecular weight excluding hydrogens is 368 g/mol. The van der Waals surface area contributed by atoms with Crippen LogP contribution in [0.5, 0.6) is 0 Å². The third-order valence-electron chi connectivity index (χ3n) is 5.25. The number of ether oxygens (including phenoxy) is 2. The number of aliphatic hydroxyl groups is 1. The number of rotatable bonds is 6. The molecule has 0 aromatic heterocycles. The Morgan fingerprint density at radius 2 is 2.41 bits per heavy atom. The van der Waals surface area contributed by atoms with E-state index < -0.39 is 116 Å². The van der Waals surface area contributed by atoms with Crippen molar-refractivity contribution in [2.75, 3.05) is 0 Å². The average Bonchev–Trinajstić information content (AvgIpc) is 2.89. The maximum atomic E-state index is 13.4. The number of aliphatic hydroxyl groups excluding tert-OH is 1. The molecule has 0 amide bonds. The summed E-state index contributed by atoms with van der Waals surface area (Å²) >= 11 is 0. The Labute approximate surface area is 198 Å². The molecule has 162 valence electrons. The normalized spacial score (nSPS) is 57.4. The molecule has 2 aliphatic carbocycles. The Morgan fingerprint density at radius 1 is 1.59 bits per heavy atom. The van der Waals surface area contributed by atoms with E-state index in [1.165, 1.54) is 0 Å². The van der Waals surface area contributed by atoms with E-state index in [-0.39, 0.29) is 19.3 Å². The number of hydrogen-bond acceptors (Lipinski definition) is 5. The average molecular weight is 422 g/mol. The van der Waals surface area contributed by atoms with E-state index in [0.29, 0.717) is 0 Å². The van der Waals surface area contributed by atoms with Crippen LogP contribution in [0.2, 0.25) is 0 Å². The number of cyclic esters (lactones) is 1. The third-order valence-corrected chi connectivity index (χ3v) is 5.25. The van der Waals surface area contributed by atoms with Crippen molar-refractivity contribution in [3.05, 3.63) is 23.7 Å². The van der Waals surface area contributed by atoms with Crippen LogP contribution in [0.3, 0.4) is 0 Å². The molecule has 8 atom stereocenters. The van der Waals surface area contributed by atoms with Crippen LogP contribution in [-0.4, -0.2) is 35.4 Å². The van der Waals surface area contributed by atoms with Gasteiger partial charge >= 0.3 is 11.9 Å². The molecule has 3 aliphatic rings. The van der Waals surface area contributed by atoms with Crippen LogP contribution in [-0.2, 0) is 19.1 Å². The summed E-state index contributed by atoms with van der Waals surface area (Å²) in [6.45, 7) is -4.99. The lowest BCUT2D eigenvalue weighted by Gasteiger charge is -2.43. The summed E-state index contributed by atoms with van der Waals surface area (Å²) < 4.78 is 150. The maximum Gasteiger partial charge on any atom is 0.308 e. The SMILES string of the molecule is [2H]C1=C([2H])[C@]([2H])(C)[C@H](CCC2C[C@@H](O)C([2H])([2H])C(=O)O2)[C@@H]2C1=C([2H])[C@]([2H])(C([2H])([2H])[2H])C([2H])([2H])C2OC(=O)[C@@H](C)C([2H])([2H])C([2H])([2H])[2H]. The van der Waals surface area contributed by atoms with Crippen LogP contribution in [0.25, 0.3) is 0 Å². The highest BCUT2D eigenvalue weighted by Gasteiger charge is 2.42. The summed E-state index contributed by atoms with van der Waals surface area (Å²) in [6.07, 6.45) is -15.8. The molecule has 1 aliphatic heterocycles. The first-order valence-corrected chi connectivity index (χ1v) is 9.41. The van der Waals surface area contributed by atoms with Crippen molar-refractivity contribution in [2.45, 2.75) is 84.2 Å². The fourth-order valence-corrected chi connectivity index (χ4v) is 3.70. The molecule has 0 spiro atoms. The largest absolute Gasteiger partial charge is 0.462 e. The predicted molar refractivity (Wildman–Crippen MR) is 111 cm³/mol. The van der Waals surface area contributed by atoms with Gasteiger partial charge in [-0.3, -0.25) is 9.59 Å². The summed E-state index contributed by atoms with van der Waals surface area (Å²) in [7, 11) is 0. The van der Waals surface area contributed by atoms with Crippen molar-refractivity contribution in [3.63, 3.8) is 0 Å². The summed E-state index contributed by atoms with van der Waals surface area (Å²) in [5.74, 6) is -14.0. The molecule has 0 bridgehead atoms. The van der Waals surface area contributed by atoms with Gasteiger partial charge in [-0.1, -0.05) is 45.7 Å². The van der Waals surface area contributed by atoms with Gasteiger partial charge in [-0.2, -0.15) is 0 Å². The van der Waals surface area contributed by atoms with E-state index in [9.17, 15) is 14.7 Å². The van der Waals surface area contributed by atoms with E-state index in [1.807, 2.05) is 0 Å². The minimum absolute atomic E-state index is 0.247. The highest BCUT2D eigenvalue weighted by Crippen LogP contribution is 2.45. The van der Waals surface area contributed by atoms with Crippen LogP contribution in [0.1, 0.15) is 89.2 Å². The quantitative estimate of drug-likeness (QED) is 0.651. The van der Waals surface area contributed by atoms with Crippen molar-refractivity contribution in [1.82, 2.24) is 0 Å². The second-order valence-corrected chi connectivity index (χ2v) is 7.35. The van der Waals surface area contributed by atoms with Crippen LogP contribution < -0.4 is 0 Å². The van der Waals surface area contributed by atoms with Crippen molar-refractivity contribution in [2.24, 2.45) is 29.5 Å². The highest BCUT2D eigenvalue weighted by atomic mass is 16.5. The van der Waals surface area contributed by atoms with Gasteiger partial charge in [0, 0.05) is 31.5 Å². The second kappa shape index (κ2) is 9.46. The zero-order valence-electron chi connectivity index (χ0n) is 33.2. The summed E-state index contributed by atoms with van der Waals surface area (Å²) in [5.41, 5.74) is -0.678. The molecule has 1 saturated heterocycles. The van der Waals surface area contributed by atoms with Gasteiger partial charge in [0.2, 0.25) is 0 Å². The topological polar surface area (TPSA) is 72.8 Å². The number of hydrogen-bond donors (Lipinski definition) is 1. The minimum Gasteiger partial charge on any atom is -0.462 e. The Hall–Kier alpha value is -1.62. The molecule has 0 radical (unpaired) electrons. The first kappa shape index (κ1) is 8.86. The standard InChI is InChI=1S/C24H36O5/c1-5-15(3)24(27)29-21-11-14(2)10-17-7-6-16(4)20(23(17)21)9-8-19-12-18(25)13-22(26)28-19/h6-7,10,14-16,18-21,23,25H,5,8-9,11-13H2,1-4H3/t14-,15-,16-,18+,19?,20-,21?,23-/m0/s1/i1D3,2D3,5D2,6D,7D,10D,11D2,13D2,14D,16D. The number of esters is 2. The van der Waals surface area contributed by atoms with Gasteiger partial charge in [0.15, 0.2) is 0 Å². The van der Waals surface area contributed by atoms with Gasteiger partial charge in [0.05, 0.1) is 22.5 Å². The van der Waals surface area contributed by atoms with Gasteiger partial charge in [-0.15, -0.1) is 0 Å². The maximum absolute atomic E-state index is 13.4. The van der Waals surface area contributed by atoms with E-state index in [1.54, 1.807) is 0 Å². The van der Waals surface area contributed by atoms with Crippen LogP contribution in [0, 0.1) is 29.5 Å². The molecule has 1 heterocycles. The van der Waals surface area contributed by atoms with Crippen molar-refractivity contribution in [3.8, 4) is 0 Å². The Morgan fingerprint density at radius 3 is 3.14 bits per heavy atom. The lowest BCUT2D eigenvalue weighted by Crippen LogP contribution is -2.42. The number of carbonyl (C=O) groups is 2.